The highest BCUT2D eigenvalue weighted by Gasteiger charge is 2.35. The van der Waals surface area contributed by atoms with Crippen molar-refractivity contribution in [3.8, 4) is 6.07 Å². The topological polar surface area (TPSA) is 70.0 Å². The van der Waals surface area contributed by atoms with Crippen molar-refractivity contribution >= 4 is 10.0 Å². The largest absolute Gasteiger partial charge is 0.217 e. The Hall–Kier alpha value is -1.38. The zero-order valence-electron chi connectivity index (χ0n) is 10.8. The maximum absolute atomic E-state index is 12.2. The molecule has 0 radical (unpaired) electrons. The first-order valence-corrected chi connectivity index (χ1v) is 8.17. The first-order chi connectivity index (χ1) is 9.05. The summed E-state index contributed by atoms with van der Waals surface area (Å²) in [5, 5.41) is 9.29. The zero-order chi connectivity index (χ0) is 13.8. The van der Waals surface area contributed by atoms with Gasteiger partial charge in [0, 0.05) is 0 Å². The quantitative estimate of drug-likeness (QED) is 0.919. The minimum Gasteiger partial charge on any atom is -0.212 e. The molecular formula is C14H18N2O2S. The standard InChI is InChI=1S/C14H18N2O2S/c15-12-14(9-5-2-6-10-14)16-19(17,18)11-13-7-3-1-4-8-13/h1,3-4,7-8,16H,2,5-6,9-11H2. The monoisotopic (exact) mass is 278 g/mol. The lowest BCUT2D eigenvalue weighted by molar-refractivity contribution is 0.338. The summed E-state index contributed by atoms with van der Waals surface area (Å²) in [6.45, 7) is 0. The van der Waals surface area contributed by atoms with Crippen LogP contribution in [0, 0.1) is 11.3 Å². The van der Waals surface area contributed by atoms with Crippen molar-refractivity contribution in [3.05, 3.63) is 35.9 Å². The molecule has 102 valence electrons. The van der Waals surface area contributed by atoms with Crippen LogP contribution in [-0.2, 0) is 15.8 Å². The second kappa shape index (κ2) is 5.72. The fraction of sp³-hybridized carbons (Fsp3) is 0.500. The molecule has 0 aromatic heterocycles. The molecule has 0 unspecified atom stereocenters. The molecule has 0 saturated heterocycles. The van der Waals surface area contributed by atoms with Gasteiger partial charge >= 0.3 is 0 Å². The van der Waals surface area contributed by atoms with Crippen LogP contribution in [0.1, 0.15) is 37.7 Å². The number of nitrogens with one attached hydrogen (secondary N) is 1. The summed E-state index contributed by atoms with van der Waals surface area (Å²) >= 11 is 0. The van der Waals surface area contributed by atoms with Crippen molar-refractivity contribution in [1.82, 2.24) is 4.72 Å². The number of benzene rings is 1. The average Bonchev–Trinajstić information content (AvgIpc) is 2.40. The van der Waals surface area contributed by atoms with E-state index >= 15 is 0 Å². The van der Waals surface area contributed by atoms with Crippen LogP contribution in [0.2, 0.25) is 0 Å². The molecule has 0 amide bonds. The number of hydrogen-bond donors (Lipinski definition) is 1. The summed E-state index contributed by atoms with van der Waals surface area (Å²) < 4.78 is 27.0. The van der Waals surface area contributed by atoms with Crippen molar-refractivity contribution in [2.75, 3.05) is 0 Å². The van der Waals surface area contributed by atoms with Gasteiger partial charge in [0.05, 0.1) is 11.8 Å². The van der Waals surface area contributed by atoms with Gasteiger partial charge in [-0.05, 0) is 18.4 Å². The molecule has 1 fully saturated rings. The van der Waals surface area contributed by atoms with E-state index in [1.165, 1.54) is 0 Å². The Morgan fingerprint density at radius 1 is 1.16 bits per heavy atom. The summed E-state index contributed by atoms with van der Waals surface area (Å²) in [6, 6.07) is 11.2. The van der Waals surface area contributed by atoms with E-state index in [1.54, 1.807) is 12.1 Å². The maximum Gasteiger partial charge on any atom is 0.217 e. The van der Waals surface area contributed by atoms with E-state index in [1.807, 2.05) is 18.2 Å². The number of hydrogen-bond acceptors (Lipinski definition) is 3. The van der Waals surface area contributed by atoms with Crippen LogP contribution in [0.5, 0.6) is 0 Å². The van der Waals surface area contributed by atoms with Crippen molar-refractivity contribution in [2.45, 2.75) is 43.4 Å². The molecular weight excluding hydrogens is 260 g/mol. The van der Waals surface area contributed by atoms with Gasteiger partial charge in [-0.1, -0.05) is 49.6 Å². The first kappa shape index (κ1) is 14.0. The van der Waals surface area contributed by atoms with Crippen molar-refractivity contribution in [3.63, 3.8) is 0 Å². The summed E-state index contributed by atoms with van der Waals surface area (Å²) in [5.74, 6) is -0.0722. The molecule has 1 aromatic rings. The highest BCUT2D eigenvalue weighted by atomic mass is 32.2. The minimum absolute atomic E-state index is 0.0722. The van der Waals surface area contributed by atoms with Crippen LogP contribution < -0.4 is 4.72 Å². The second-order valence-corrected chi connectivity index (χ2v) is 6.82. The average molecular weight is 278 g/mol. The maximum atomic E-state index is 12.2. The lowest BCUT2D eigenvalue weighted by Crippen LogP contribution is -2.48. The summed E-state index contributed by atoms with van der Waals surface area (Å²) in [5.41, 5.74) is -0.162. The number of nitrogens with zero attached hydrogens (tertiary/aromatic N) is 1. The molecule has 0 aliphatic heterocycles. The molecule has 1 aliphatic rings. The fourth-order valence-electron chi connectivity index (χ4n) is 2.52. The van der Waals surface area contributed by atoms with E-state index < -0.39 is 15.6 Å². The van der Waals surface area contributed by atoms with E-state index in [4.69, 9.17) is 0 Å². The van der Waals surface area contributed by atoms with Crippen LogP contribution in [-0.4, -0.2) is 14.0 Å². The molecule has 5 heteroatoms. The lowest BCUT2D eigenvalue weighted by atomic mass is 9.84. The van der Waals surface area contributed by atoms with Gasteiger partial charge in [0.2, 0.25) is 10.0 Å². The molecule has 0 atom stereocenters. The highest BCUT2D eigenvalue weighted by molar-refractivity contribution is 7.88. The third-order valence-electron chi connectivity index (χ3n) is 3.47. The third-order valence-corrected chi connectivity index (χ3v) is 4.89. The molecule has 0 spiro atoms. The molecule has 1 aromatic carbocycles. The summed E-state index contributed by atoms with van der Waals surface area (Å²) in [7, 11) is -3.48. The van der Waals surface area contributed by atoms with Crippen LogP contribution in [0.15, 0.2) is 30.3 Å². The van der Waals surface area contributed by atoms with Crippen LogP contribution in [0.25, 0.3) is 0 Å². The van der Waals surface area contributed by atoms with Crippen LogP contribution in [0.3, 0.4) is 0 Å². The molecule has 1 N–H and O–H groups in total. The Bertz CT molecular complexity index is 555. The highest BCUT2D eigenvalue weighted by Crippen LogP contribution is 2.28. The van der Waals surface area contributed by atoms with E-state index in [0.717, 1.165) is 24.8 Å². The Labute approximate surface area is 114 Å². The SMILES string of the molecule is N#CC1(NS(=O)(=O)Cc2ccccc2)CCCCC1. The third kappa shape index (κ3) is 3.79. The van der Waals surface area contributed by atoms with Gasteiger partial charge in [-0.3, -0.25) is 0 Å². The number of nitriles is 1. The normalized spacial score (nSPS) is 18.7. The second-order valence-electron chi connectivity index (χ2n) is 5.10. The molecule has 2 rings (SSSR count). The van der Waals surface area contributed by atoms with Gasteiger partial charge in [0.15, 0.2) is 0 Å². The smallest absolute Gasteiger partial charge is 0.212 e. The van der Waals surface area contributed by atoms with Gasteiger partial charge in [-0.25, -0.2) is 8.42 Å². The number of rotatable bonds is 4. The predicted octanol–water partition coefficient (Wildman–Crippen LogP) is 2.33. The fourth-order valence-corrected chi connectivity index (χ4v) is 4.07. The van der Waals surface area contributed by atoms with Crippen LogP contribution in [0.4, 0.5) is 0 Å². The van der Waals surface area contributed by atoms with E-state index in [-0.39, 0.29) is 5.75 Å². The Kier molecular flexibility index (Phi) is 4.23. The Morgan fingerprint density at radius 2 is 1.79 bits per heavy atom. The van der Waals surface area contributed by atoms with Crippen molar-refractivity contribution < 1.29 is 8.42 Å². The van der Waals surface area contributed by atoms with Gasteiger partial charge in [0.1, 0.15) is 5.54 Å². The summed E-state index contributed by atoms with van der Waals surface area (Å²) in [4.78, 5) is 0. The Morgan fingerprint density at radius 3 is 2.37 bits per heavy atom. The molecule has 0 bridgehead atoms. The van der Waals surface area contributed by atoms with Crippen molar-refractivity contribution in [2.24, 2.45) is 0 Å². The molecule has 4 nitrogen and oxygen atoms in total. The van der Waals surface area contributed by atoms with Gasteiger partial charge < -0.3 is 0 Å². The van der Waals surface area contributed by atoms with Crippen LogP contribution >= 0.6 is 0 Å². The van der Waals surface area contributed by atoms with Gasteiger partial charge in [-0.2, -0.15) is 9.98 Å². The lowest BCUT2D eigenvalue weighted by Gasteiger charge is -2.31. The van der Waals surface area contributed by atoms with Gasteiger partial charge in [0.25, 0.3) is 0 Å². The minimum atomic E-state index is -3.48. The van der Waals surface area contributed by atoms with Crippen molar-refractivity contribution in [1.29, 1.82) is 5.26 Å². The molecule has 0 heterocycles. The predicted molar refractivity (Wildman–Crippen MR) is 73.6 cm³/mol. The first-order valence-electron chi connectivity index (χ1n) is 6.52. The van der Waals surface area contributed by atoms with E-state index in [9.17, 15) is 13.7 Å². The zero-order valence-corrected chi connectivity index (χ0v) is 11.6. The van der Waals surface area contributed by atoms with Gasteiger partial charge in [-0.15, -0.1) is 0 Å². The molecule has 19 heavy (non-hydrogen) atoms. The molecule has 1 aliphatic carbocycles. The van der Waals surface area contributed by atoms with E-state index in [0.29, 0.717) is 12.8 Å². The van der Waals surface area contributed by atoms with E-state index in [2.05, 4.69) is 10.8 Å². The summed E-state index contributed by atoms with van der Waals surface area (Å²) in [6.07, 6.45) is 4.10. The Balaban J connectivity index is 2.10. The number of sulfonamides is 1. The molecule has 1 saturated carbocycles.